The molecule has 1 fully saturated rings. The van der Waals surface area contributed by atoms with E-state index in [-0.39, 0.29) is 10.5 Å². The van der Waals surface area contributed by atoms with E-state index in [9.17, 15) is 26.7 Å². The van der Waals surface area contributed by atoms with Crippen LogP contribution >= 0.6 is 0 Å². The smallest absolute Gasteiger partial charge is 0.412 e. The van der Waals surface area contributed by atoms with Crippen LogP contribution in [-0.2, 0) is 15.6 Å². The third kappa shape index (κ3) is 2.80. The Hall–Kier alpha value is -2.62. The molecule has 158 valence electrons. The fraction of sp³-hybridized carbons (Fsp3) is 0.238. The average Bonchev–Trinajstić information content (AvgIpc) is 3.29. The van der Waals surface area contributed by atoms with Gasteiger partial charge in [-0.25, -0.2) is 8.42 Å². The second-order valence-electron chi connectivity index (χ2n) is 7.24. The summed E-state index contributed by atoms with van der Waals surface area (Å²) in [5, 5.41) is 11.6. The SMILES string of the molecule is Cc1ccc(S(=O)(=O)N2C[C@@]2(C(F)(F)F)C(O)(c2ccccc2)c2ccco2)cc1. The average molecular weight is 437 g/mol. The molecule has 1 aliphatic rings. The highest BCUT2D eigenvalue weighted by atomic mass is 32.2. The van der Waals surface area contributed by atoms with E-state index in [4.69, 9.17) is 4.42 Å². The molecule has 0 spiro atoms. The van der Waals surface area contributed by atoms with Gasteiger partial charge in [0.15, 0.2) is 11.1 Å². The number of aliphatic hydroxyl groups is 1. The van der Waals surface area contributed by atoms with E-state index in [0.717, 1.165) is 11.8 Å². The Balaban J connectivity index is 1.93. The third-order valence-electron chi connectivity index (χ3n) is 5.44. The van der Waals surface area contributed by atoms with E-state index in [1.807, 2.05) is 0 Å². The molecule has 0 radical (unpaired) electrons. The maximum absolute atomic E-state index is 14.5. The second-order valence-corrected chi connectivity index (χ2v) is 9.10. The summed E-state index contributed by atoms with van der Waals surface area (Å²) in [7, 11) is -4.54. The monoisotopic (exact) mass is 437 g/mol. The van der Waals surface area contributed by atoms with E-state index < -0.39 is 39.6 Å². The van der Waals surface area contributed by atoms with Gasteiger partial charge in [0.2, 0.25) is 10.0 Å². The van der Waals surface area contributed by atoms with Crippen molar-refractivity contribution in [3.63, 3.8) is 0 Å². The van der Waals surface area contributed by atoms with Crippen molar-refractivity contribution >= 4 is 10.0 Å². The highest BCUT2D eigenvalue weighted by molar-refractivity contribution is 7.89. The number of sulfonamides is 1. The van der Waals surface area contributed by atoms with Gasteiger partial charge in [0, 0.05) is 6.54 Å². The van der Waals surface area contributed by atoms with Crippen molar-refractivity contribution in [1.82, 2.24) is 4.31 Å². The van der Waals surface area contributed by atoms with Crippen molar-refractivity contribution in [3.05, 3.63) is 89.9 Å². The predicted octanol–water partition coefficient (Wildman–Crippen LogP) is 3.83. The first-order valence-electron chi connectivity index (χ1n) is 9.03. The quantitative estimate of drug-likeness (QED) is 0.616. The molecule has 1 saturated heterocycles. The number of hydrogen-bond acceptors (Lipinski definition) is 4. The van der Waals surface area contributed by atoms with Crippen LogP contribution in [0.3, 0.4) is 0 Å². The minimum atomic E-state index is -5.10. The van der Waals surface area contributed by atoms with Crippen molar-refractivity contribution in [2.45, 2.75) is 29.1 Å². The molecule has 1 N–H and O–H groups in total. The summed E-state index contributed by atoms with van der Waals surface area (Å²) in [6.45, 7) is 0.789. The molecule has 2 heterocycles. The Morgan fingerprint density at radius 3 is 2.17 bits per heavy atom. The molecule has 2 aromatic carbocycles. The molecule has 1 aromatic heterocycles. The number of rotatable bonds is 5. The van der Waals surface area contributed by atoms with Gasteiger partial charge in [-0.15, -0.1) is 0 Å². The zero-order valence-electron chi connectivity index (χ0n) is 15.8. The van der Waals surface area contributed by atoms with Crippen molar-refractivity contribution in [3.8, 4) is 0 Å². The summed E-state index contributed by atoms with van der Waals surface area (Å²) in [4.78, 5) is -0.283. The maximum atomic E-state index is 14.5. The number of aryl methyl sites for hydroxylation is 1. The van der Waals surface area contributed by atoms with Gasteiger partial charge >= 0.3 is 6.18 Å². The lowest BCUT2D eigenvalue weighted by Gasteiger charge is -2.36. The van der Waals surface area contributed by atoms with Crippen molar-refractivity contribution in [2.75, 3.05) is 6.54 Å². The van der Waals surface area contributed by atoms with Crippen LogP contribution in [0.4, 0.5) is 13.2 Å². The highest BCUT2D eigenvalue weighted by Gasteiger charge is 2.84. The van der Waals surface area contributed by atoms with E-state index >= 15 is 0 Å². The van der Waals surface area contributed by atoms with Gasteiger partial charge < -0.3 is 9.52 Å². The van der Waals surface area contributed by atoms with Crippen LogP contribution < -0.4 is 0 Å². The zero-order chi connectivity index (χ0) is 21.8. The van der Waals surface area contributed by atoms with Gasteiger partial charge in [0.05, 0.1) is 11.2 Å². The summed E-state index contributed by atoms with van der Waals surface area (Å²) in [6, 6.07) is 15.2. The van der Waals surface area contributed by atoms with Gasteiger partial charge in [-0.2, -0.15) is 17.5 Å². The lowest BCUT2D eigenvalue weighted by molar-refractivity contribution is -0.212. The molecular formula is C21H18F3NO4S. The molecule has 0 aliphatic carbocycles. The summed E-state index contributed by atoms with van der Waals surface area (Å²) < 4.78 is 75.2. The molecule has 9 heteroatoms. The second kappa shape index (κ2) is 6.69. The van der Waals surface area contributed by atoms with Crippen molar-refractivity contribution in [1.29, 1.82) is 0 Å². The number of alkyl halides is 3. The van der Waals surface area contributed by atoms with Crippen LogP contribution in [0.2, 0.25) is 0 Å². The minimum Gasteiger partial charge on any atom is -0.466 e. The molecule has 0 saturated carbocycles. The Morgan fingerprint density at radius 2 is 1.63 bits per heavy atom. The first-order chi connectivity index (χ1) is 14.0. The summed E-state index contributed by atoms with van der Waals surface area (Å²) >= 11 is 0. The third-order valence-corrected chi connectivity index (χ3v) is 7.33. The topological polar surface area (TPSA) is 70.5 Å². The van der Waals surface area contributed by atoms with Gasteiger partial charge in [-0.1, -0.05) is 48.0 Å². The lowest BCUT2D eigenvalue weighted by Crippen LogP contribution is -2.56. The van der Waals surface area contributed by atoms with E-state index in [1.54, 1.807) is 13.0 Å². The Morgan fingerprint density at radius 1 is 1.00 bits per heavy atom. The first-order valence-corrected chi connectivity index (χ1v) is 10.5. The normalized spacial score (nSPS) is 23.7. The van der Waals surface area contributed by atoms with Crippen molar-refractivity contribution in [2.24, 2.45) is 0 Å². The molecule has 3 atom stereocenters. The fourth-order valence-corrected chi connectivity index (χ4v) is 5.52. The fourth-order valence-electron chi connectivity index (χ4n) is 3.78. The number of hydrogen-bond donors (Lipinski definition) is 1. The first kappa shape index (κ1) is 20.6. The van der Waals surface area contributed by atoms with Crippen LogP contribution in [-0.4, -0.2) is 36.1 Å². The number of nitrogens with zero attached hydrogens (tertiary/aromatic N) is 1. The highest BCUT2D eigenvalue weighted by Crippen LogP contribution is 2.61. The molecule has 3 aromatic rings. The number of benzene rings is 2. The molecule has 0 bridgehead atoms. The summed E-state index contributed by atoms with van der Waals surface area (Å²) in [6.07, 6.45) is -3.96. The van der Waals surface area contributed by atoms with Gasteiger partial charge in [0.1, 0.15) is 5.76 Å². The summed E-state index contributed by atoms with van der Waals surface area (Å²) in [5.41, 5.74) is -5.27. The Kier molecular flexibility index (Phi) is 4.61. The molecule has 30 heavy (non-hydrogen) atoms. The molecule has 2 unspecified atom stereocenters. The molecular weight excluding hydrogens is 419 g/mol. The number of furan rings is 1. The molecule has 1 aliphatic heterocycles. The van der Waals surface area contributed by atoms with Gasteiger partial charge in [-0.3, -0.25) is 0 Å². The van der Waals surface area contributed by atoms with E-state index in [1.165, 1.54) is 60.7 Å². The molecule has 5 nitrogen and oxygen atoms in total. The molecule has 4 rings (SSSR count). The van der Waals surface area contributed by atoms with Crippen LogP contribution in [0.25, 0.3) is 0 Å². The largest absolute Gasteiger partial charge is 0.466 e. The minimum absolute atomic E-state index is 0.126. The summed E-state index contributed by atoms with van der Waals surface area (Å²) in [5.74, 6) is -0.396. The van der Waals surface area contributed by atoms with E-state index in [2.05, 4.69) is 0 Å². The standard InChI is InChI=1S/C21H18F3NO4S/c1-15-9-11-17(12-10-15)30(27,28)25-14-19(25,21(22,23)24)20(26,18-8-5-13-29-18)16-6-3-2-4-7-16/h2-13,26H,14H2,1H3/t19-,20?,25?/m0/s1. The van der Waals surface area contributed by atoms with Crippen LogP contribution in [0.5, 0.6) is 0 Å². The Bertz CT molecular complexity index is 1150. The van der Waals surface area contributed by atoms with Gasteiger partial charge in [-0.05, 0) is 36.8 Å². The zero-order valence-corrected chi connectivity index (χ0v) is 16.6. The number of halogens is 3. The lowest BCUT2D eigenvalue weighted by atomic mass is 9.78. The van der Waals surface area contributed by atoms with Gasteiger partial charge in [0.25, 0.3) is 0 Å². The molecule has 0 amide bonds. The van der Waals surface area contributed by atoms with Crippen LogP contribution in [0, 0.1) is 6.92 Å². The van der Waals surface area contributed by atoms with Crippen molar-refractivity contribution < 1.29 is 31.1 Å². The van der Waals surface area contributed by atoms with Crippen LogP contribution in [0.15, 0.2) is 82.3 Å². The Labute approximate surface area is 171 Å². The van der Waals surface area contributed by atoms with Crippen LogP contribution in [0.1, 0.15) is 16.9 Å². The maximum Gasteiger partial charge on any atom is 0.412 e. The predicted molar refractivity (Wildman–Crippen MR) is 102 cm³/mol. The van der Waals surface area contributed by atoms with E-state index in [0.29, 0.717) is 4.31 Å².